The molecular formula is C27H27N3O3. The van der Waals surface area contributed by atoms with Gasteiger partial charge in [0.25, 0.3) is 0 Å². The number of para-hydroxylation sites is 4. The smallest absolute Gasteiger partial charge is 0.227 e. The minimum absolute atomic E-state index is 0.00538. The molecule has 2 heterocycles. The molecule has 1 aliphatic heterocycles. The van der Waals surface area contributed by atoms with Crippen LogP contribution in [0.25, 0.3) is 11.0 Å². The number of aromatic nitrogens is 2. The van der Waals surface area contributed by atoms with Gasteiger partial charge >= 0.3 is 0 Å². The van der Waals surface area contributed by atoms with Crippen molar-refractivity contribution in [3.63, 3.8) is 0 Å². The van der Waals surface area contributed by atoms with Gasteiger partial charge in [-0.15, -0.1) is 0 Å². The van der Waals surface area contributed by atoms with E-state index in [9.17, 15) is 4.79 Å². The zero-order chi connectivity index (χ0) is 22.8. The first-order valence-corrected chi connectivity index (χ1v) is 11.2. The molecule has 4 aromatic rings. The molecule has 1 aliphatic rings. The van der Waals surface area contributed by atoms with Crippen molar-refractivity contribution in [3.05, 3.63) is 84.2 Å². The predicted molar refractivity (Wildman–Crippen MR) is 129 cm³/mol. The molecule has 6 nitrogen and oxygen atoms in total. The van der Waals surface area contributed by atoms with Crippen LogP contribution in [-0.2, 0) is 11.3 Å². The van der Waals surface area contributed by atoms with E-state index in [0.717, 1.165) is 28.3 Å². The van der Waals surface area contributed by atoms with Gasteiger partial charge in [0.1, 0.15) is 23.9 Å². The molecule has 1 saturated heterocycles. The maximum atomic E-state index is 13.0. The van der Waals surface area contributed by atoms with Gasteiger partial charge in [-0.3, -0.25) is 4.79 Å². The van der Waals surface area contributed by atoms with Gasteiger partial charge in [-0.2, -0.15) is 0 Å². The van der Waals surface area contributed by atoms with Gasteiger partial charge < -0.3 is 18.9 Å². The number of anilines is 1. The number of carbonyl (C=O) groups excluding carboxylic acids is 1. The number of imidazole rings is 1. The van der Waals surface area contributed by atoms with E-state index in [4.69, 9.17) is 14.5 Å². The Balaban J connectivity index is 1.41. The van der Waals surface area contributed by atoms with E-state index >= 15 is 0 Å². The minimum atomic E-state index is -0.00538. The molecule has 5 rings (SSSR count). The molecule has 33 heavy (non-hydrogen) atoms. The lowest BCUT2D eigenvalue weighted by molar-refractivity contribution is -0.117. The number of carbonyl (C=O) groups is 1. The highest BCUT2D eigenvalue weighted by Crippen LogP contribution is 2.37. The van der Waals surface area contributed by atoms with Crippen molar-refractivity contribution >= 4 is 22.6 Å². The molecule has 1 atom stereocenters. The molecule has 3 aromatic carbocycles. The minimum Gasteiger partial charge on any atom is -0.495 e. The van der Waals surface area contributed by atoms with Crippen LogP contribution < -0.4 is 14.4 Å². The average Bonchev–Trinajstić information content (AvgIpc) is 3.41. The van der Waals surface area contributed by atoms with Crippen molar-refractivity contribution < 1.29 is 14.3 Å². The molecule has 1 fully saturated rings. The lowest BCUT2D eigenvalue weighted by Gasteiger charge is -2.20. The number of amides is 1. The Hall–Kier alpha value is -3.80. The van der Waals surface area contributed by atoms with E-state index in [0.29, 0.717) is 31.9 Å². The highest BCUT2D eigenvalue weighted by molar-refractivity contribution is 5.97. The quantitative estimate of drug-likeness (QED) is 0.407. The summed E-state index contributed by atoms with van der Waals surface area (Å²) in [6, 6.07) is 23.8. The molecule has 0 N–H and O–H groups in total. The first-order chi connectivity index (χ1) is 16.1. The van der Waals surface area contributed by atoms with E-state index in [-0.39, 0.29) is 11.8 Å². The standard InChI is InChI=1S/C27H27N3O3/c1-19-11-13-21(14-12-19)33-16-15-29-23-8-4-3-7-22(23)28-27(29)20-17-26(31)30(18-20)24-9-5-6-10-25(24)32-2/h3-14,20H,15-18H2,1-2H3/t20-/m1/s1. The first-order valence-electron chi connectivity index (χ1n) is 11.2. The normalized spacial score (nSPS) is 15.9. The average molecular weight is 442 g/mol. The number of benzene rings is 3. The van der Waals surface area contributed by atoms with Gasteiger partial charge in [-0.1, -0.05) is 42.0 Å². The maximum absolute atomic E-state index is 13.0. The van der Waals surface area contributed by atoms with Crippen molar-refractivity contribution in [2.75, 3.05) is 25.2 Å². The summed E-state index contributed by atoms with van der Waals surface area (Å²) in [6.45, 7) is 3.81. The summed E-state index contributed by atoms with van der Waals surface area (Å²) in [5.74, 6) is 2.55. The topological polar surface area (TPSA) is 56.6 Å². The fourth-order valence-corrected chi connectivity index (χ4v) is 4.50. The number of aryl methyl sites for hydroxylation is 1. The number of nitrogens with zero attached hydrogens (tertiary/aromatic N) is 3. The fraction of sp³-hybridized carbons (Fsp3) is 0.259. The summed E-state index contributed by atoms with van der Waals surface area (Å²) in [5.41, 5.74) is 4.00. The fourth-order valence-electron chi connectivity index (χ4n) is 4.50. The Morgan fingerprint density at radius 1 is 1.00 bits per heavy atom. The van der Waals surface area contributed by atoms with E-state index in [2.05, 4.69) is 17.6 Å². The number of methoxy groups -OCH3 is 1. The van der Waals surface area contributed by atoms with Crippen molar-refractivity contribution in [1.29, 1.82) is 0 Å². The summed E-state index contributed by atoms with van der Waals surface area (Å²) >= 11 is 0. The summed E-state index contributed by atoms with van der Waals surface area (Å²) in [4.78, 5) is 19.7. The highest BCUT2D eigenvalue weighted by atomic mass is 16.5. The van der Waals surface area contributed by atoms with Crippen molar-refractivity contribution in [1.82, 2.24) is 9.55 Å². The van der Waals surface area contributed by atoms with Crippen LogP contribution in [0.3, 0.4) is 0 Å². The second-order valence-electron chi connectivity index (χ2n) is 8.35. The van der Waals surface area contributed by atoms with Crippen LogP contribution in [0.5, 0.6) is 11.5 Å². The molecule has 168 valence electrons. The zero-order valence-electron chi connectivity index (χ0n) is 18.9. The van der Waals surface area contributed by atoms with Gasteiger partial charge in [0.15, 0.2) is 0 Å². The third-order valence-electron chi connectivity index (χ3n) is 6.15. The molecule has 1 amide bonds. The van der Waals surface area contributed by atoms with Gasteiger partial charge in [0.05, 0.1) is 30.4 Å². The third-order valence-corrected chi connectivity index (χ3v) is 6.15. The number of fused-ring (bicyclic) bond motifs is 1. The third kappa shape index (κ3) is 4.16. The Bertz CT molecular complexity index is 1280. The Labute approximate surface area is 193 Å². The van der Waals surface area contributed by atoms with E-state index in [1.807, 2.05) is 71.6 Å². The monoisotopic (exact) mass is 441 g/mol. The summed E-state index contributed by atoms with van der Waals surface area (Å²) in [7, 11) is 1.63. The second kappa shape index (κ2) is 8.98. The van der Waals surface area contributed by atoms with Gasteiger partial charge in [-0.25, -0.2) is 4.98 Å². The van der Waals surface area contributed by atoms with Crippen LogP contribution in [-0.4, -0.2) is 35.7 Å². The number of rotatable bonds is 7. The second-order valence-corrected chi connectivity index (χ2v) is 8.35. The molecule has 0 unspecified atom stereocenters. The molecule has 6 heteroatoms. The van der Waals surface area contributed by atoms with Crippen LogP contribution >= 0.6 is 0 Å². The molecule has 0 aliphatic carbocycles. The molecule has 0 bridgehead atoms. The van der Waals surface area contributed by atoms with Crippen LogP contribution in [0.15, 0.2) is 72.8 Å². The van der Waals surface area contributed by atoms with Gasteiger partial charge in [-0.05, 0) is 43.3 Å². The zero-order valence-corrected chi connectivity index (χ0v) is 18.9. The molecule has 0 spiro atoms. The number of hydrogen-bond donors (Lipinski definition) is 0. The van der Waals surface area contributed by atoms with E-state index in [1.54, 1.807) is 7.11 Å². The number of hydrogen-bond acceptors (Lipinski definition) is 4. The van der Waals surface area contributed by atoms with Crippen molar-refractivity contribution in [3.8, 4) is 11.5 Å². The number of ether oxygens (including phenoxy) is 2. The Morgan fingerprint density at radius 3 is 2.58 bits per heavy atom. The van der Waals surface area contributed by atoms with E-state index < -0.39 is 0 Å². The van der Waals surface area contributed by atoms with E-state index in [1.165, 1.54) is 5.56 Å². The lowest BCUT2D eigenvalue weighted by atomic mass is 10.1. The molecule has 0 saturated carbocycles. The predicted octanol–water partition coefficient (Wildman–Crippen LogP) is 4.95. The Morgan fingerprint density at radius 2 is 1.76 bits per heavy atom. The van der Waals surface area contributed by atoms with Crippen LogP contribution in [0.2, 0.25) is 0 Å². The first kappa shape index (κ1) is 21.1. The lowest BCUT2D eigenvalue weighted by Crippen LogP contribution is -2.25. The Kier molecular flexibility index (Phi) is 5.73. The van der Waals surface area contributed by atoms with Crippen molar-refractivity contribution in [2.45, 2.75) is 25.8 Å². The summed E-state index contributed by atoms with van der Waals surface area (Å²) in [6.07, 6.45) is 0.417. The highest BCUT2D eigenvalue weighted by Gasteiger charge is 2.35. The van der Waals surface area contributed by atoms with Crippen LogP contribution in [0.4, 0.5) is 5.69 Å². The van der Waals surface area contributed by atoms with Crippen molar-refractivity contribution in [2.24, 2.45) is 0 Å². The molecular weight excluding hydrogens is 414 g/mol. The molecule has 1 aromatic heterocycles. The SMILES string of the molecule is COc1ccccc1N1C[C@H](c2nc3ccccc3n2CCOc2ccc(C)cc2)CC1=O. The van der Waals surface area contributed by atoms with Crippen LogP contribution in [0, 0.1) is 6.92 Å². The van der Waals surface area contributed by atoms with Crippen LogP contribution in [0.1, 0.15) is 23.7 Å². The summed E-state index contributed by atoms with van der Waals surface area (Å²) in [5, 5.41) is 0. The largest absolute Gasteiger partial charge is 0.495 e. The summed E-state index contributed by atoms with van der Waals surface area (Å²) < 4.78 is 13.7. The maximum Gasteiger partial charge on any atom is 0.227 e. The van der Waals surface area contributed by atoms with Gasteiger partial charge in [0, 0.05) is 18.9 Å². The molecule has 0 radical (unpaired) electrons. The van der Waals surface area contributed by atoms with Gasteiger partial charge in [0.2, 0.25) is 5.91 Å².